The van der Waals surface area contributed by atoms with Crippen LogP contribution in [0.4, 0.5) is 4.79 Å². The molecule has 4 nitrogen and oxygen atoms in total. The van der Waals surface area contributed by atoms with Crippen LogP contribution < -0.4 is 0 Å². The third-order valence-corrected chi connectivity index (χ3v) is 3.68. The monoisotopic (exact) mass is 239 g/mol. The van der Waals surface area contributed by atoms with E-state index in [0.29, 0.717) is 5.92 Å². The fraction of sp³-hybridized carbons (Fsp3) is 0.846. The molecule has 1 aliphatic heterocycles. The Morgan fingerprint density at radius 3 is 2.53 bits per heavy atom. The summed E-state index contributed by atoms with van der Waals surface area (Å²) in [4.78, 5) is 25.5. The first-order chi connectivity index (χ1) is 7.79. The SMILES string of the molecule is C[C@H]1CC[C@@H]2C[C@H]1C(=O)N2C(=O)OC(C)(C)C. The van der Waals surface area contributed by atoms with E-state index in [2.05, 4.69) is 6.92 Å². The number of rotatable bonds is 0. The van der Waals surface area contributed by atoms with Gasteiger partial charge in [0.2, 0.25) is 5.91 Å². The first kappa shape index (κ1) is 12.4. The van der Waals surface area contributed by atoms with Crippen LogP contribution in [-0.2, 0) is 9.53 Å². The molecule has 96 valence electrons. The van der Waals surface area contributed by atoms with E-state index in [0.717, 1.165) is 19.3 Å². The fourth-order valence-corrected chi connectivity index (χ4v) is 2.79. The minimum Gasteiger partial charge on any atom is -0.443 e. The standard InChI is InChI=1S/C13H21NO3/c1-8-5-6-9-7-10(8)11(15)14(9)12(16)17-13(2,3)4/h8-10H,5-7H2,1-4H3/t8-,9+,10+/m0/s1. The van der Waals surface area contributed by atoms with E-state index in [1.165, 1.54) is 4.90 Å². The number of nitrogens with zero attached hydrogens (tertiary/aromatic N) is 1. The van der Waals surface area contributed by atoms with Crippen LogP contribution in [0.2, 0.25) is 0 Å². The van der Waals surface area contributed by atoms with Crippen molar-refractivity contribution in [3.05, 3.63) is 0 Å². The molecule has 4 heteroatoms. The number of carbonyl (C=O) groups excluding carboxylic acids is 2. The highest BCUT2D eigenvalue weighted by molar-refractivity contribution is 5.96. The van der Waals surface area contributed by atoms with E-state index in [4.69, 9.17) is 4.74 Å². The Morgan fingerprint density at radius 1 is 1.35 bits per heavy atom. The summed E-state index contributed by atoms with van der Waals surface area (Å²) >= 11 is 0. The van der Waals surface area contributed by atoms with Gasteiger partial charge in [-0.3, -0.25) is 4.79 Å². The van der Waals surface area contributed by atoms with Gasteiger partial charge in [0, 0.05) is 12.0 Å². The van der Waals surface area contributed by atoms with Crippen LogP contribution in [0.3, 0.4) is 0 Å². The maximum absolute atomic E-state index is 12.1. The molecule has 3 atom stereocenters. The third kappa shape index (κ3) is 2.31. The largest absolute Gasteiger partial charge is 0.443 e. The van der Waals surface area contributed by atoms with E-state index < -0.39 is 11.7 Å². The quantitative estimate of drug-likeness (QED) is 0.652. The first-order valence-electron chi connectivity index (χ1n) is 6.35. The molecule has 0 radical (unpaired) electrons. The van der Waals surface area contributed by atoms with Crippen molar-refractivity contribution in [2.24, 2.45) is 11.8 Å². The van der Waals surface area contributed by atoms with Gasteiger partial charge in [-0.25, -0.2) is 9.69 Å². The van der Waals surface area contributed by atoms with Gasteiger partial charge in [-0.1, -0.05) is 6.92 Å². The molecule has 0 N–H and O–H groups in total. The molecule has 0 aromatic rings. The summed E-state index contributed by atoms with van der Waals surface area (Å²) in [6.45, 7) is 7.55. The van der Waals surface area contributed by atoms with Crippen LogP contribution in [0.25, 0.3) is 0 Å². The van der Waals surface area contributed by atoms with Crippen molar-refractivity contribution in [2.75, 3.05) is 0 Å². The number of amides is 2. The number of fused-ring (bicyclic) bond motifs is 2. The number of carbonyl (C=O) groups is 2. The number of hydrogen-bond donors (Lipinski definition) is 0. The van der Waals surface area contributed by atoms with Crippen LogP contribution in [0.5, 0.6) is 0 Å². The molecular weight excluding hydrogens is 218 g/mol. The molecule has 0 spiro atoms. The zero-order valence-corrected chi connectivity index (χ0v) is 11.0. The molecule has 1 aliphatic carbocycles. The van der Waals surface area contributed by atoms with Gasteiger partial charge in [-0.2, -0.15) is 0 Å². The third-order valence-electron chi connectivity index (χ3n) is 3.68. The van der Waals surface area contributed by atoms with E-state index in [-0.39, 0.29) is 17.9 Å². The lowest BCUT2D eigenvalue weighted by molar-refractivity contribution is -0.131. The number of ether oxygens (including phenoxy) is 1. The van der Waals surface area contributed by atoms with Crippen molar-refractivity contribution in [3.8, 4) is 0 Å². The molecule has 1 heterocycles. The van der Waals surface area contributed by atoms with Gasteiger partial charge in [0.25, 0.3) is 0 Å². The van der Waals surface area contributed by atoms with Gasteiger partial charge in [0.1, 0.15) is 5.60 Å². The number of imide groups is 1. The van der Waals surface area contributed by atoms with E-state index in [1.807, 2.05) is 20.8 Å². The summed E-state index contributed by atoms with van der Waals surface area (Å²) in [6, 6.07) is 0.0681. The molecule has 1 saturated carbocycles. The molecule has 1 saturated heterocycles. The van der Waals surface area contributed by atoms with Crippen LogP contribution in [0.15, 0.2) is 0 Å². The highest BCUT2D eigenvalue weighted by Gasteiger charge is 2.49. The Hall–Kier alpha value is -1.06. The van der Waals surface area contributed by atoms with Crippen molar-refractivity contribution < 1.29 is 14.3 Å². The Kier molecular flexibility index (Phi) is 2.92. The summed E-state index contributed by atoms with van der Waals surface area (Å²) in [6.07, 6.45) is 2.30. The summed E-state index contributed by atoms with van der Waals surface area (Å²) in [5, 5.41) is 0. The topological polar surface area (TPSA) is 46.6 Å². The number of likely N-dealkylation sites (tertiary alicyclic amines) is 1. The Bertz CT molecular complexity index is 345. The van der Waals surface area contributed by atoms with Crippen molar-refractivity contribution in [1.29, 1.82) is 0 Å². The van der Waals surface area contributed by atoms with Gasteiger partial charge in [0.15, 0.2) is 0 Å². The molecule has 0 aromatic carbocycles. The summed E-state index contributed by atoms with van der Waals surface area (Å²) in [5.74, 6) is 0.390. The highest BCUT2D eigenvalue weighted by atomic mass is 16.6. The Morgan fingerprint density at radius 2 is 2.00 bits per heavy atom. The lowest BCUT2D eigenvalue weighted by atomic mass is 9.81. The second-order valence-electron chi connectivity index (χ2n) is 6.24. The van der Waals surface area contributed by atoms with Crippen molar-refractivity contribution in [1.82, 2.24) is 4.90 Å². The highest BCUT2D eigenvalue weighted by Crippen LogP contribution is 2.40. The maximum Gasteiger partial charge on any atom is 0.417 e. The Balaban J connectivity index is 2.12. The zero-order valence-electron chi connectivity index (χ0n) is 11.0. The Labute approximate surface area is 102 Å². The maximum atomic E-state index is 12.1. The summed E-state index contributed by atoms with van der Waals surface area (Å²) < 4.78 is 5.30. The molecule has 17 heavy (non-hydrogen) atoms. The predicted molar refractivity (Wildman–Crippen MR) is 63.4 cm³/mol. The summed E-state index contributed by atoms with van der Waals surface area (Å²) in [5.41, 5.74) is -0.542. The lowest BCUT2D eigenvalue weighted by Gasteiger charge is -2.27. The van der Waals surface area contributed by atoms with Gasteiger partial charge < -0.3 is 4.74 Å². The van der Waals surface area contributed by atoms with Crippen LogP contribution in [-0.4, -0.2) is 28.5 Å². The molecule has 2 amide bonds. The normalized spacial score (nSPS) is 32.8. The first-order valence-corrected chi connectivity index (χ1v) is 6.35. The second-order valence-corrected chi connectivity index (χ2v) is 6.24. The average Bonchev–Trinajstić information content (AvgIpc) is 2.44. The van der Waals surface area contributed by atoms with Gasteiger partial charge in [0.05, 0.1) is 0 Å². The minimum atomic E-state index is -0.542. The van der Waals surface area contributed by atoms with Crippen LogP contribution >= 0.6 is 0 Å². The van der Waals surface area contributed by atoms with Crippen molar-refractivity contribution >= 4 is 12.0 Å². The van der Waals surface area contributed by atoms with Crippen molar-refractivity contribution in [2.45, 2.75) is 58.6 Å². The van der Waals surface area contributed by atoms with Gasteiger partial charge in [-0.05, 0) is 46.0 Å². The number of hydrogen-bond acceptors (Lipinski definition) is 3. The van der Waals surface area contributed by atoms with Crippen LogP contribution in [0.1, 0.15) is 47.0 Å². The van der Waals surface area contributed by atoms with Gasteiger partial charge >= 0.3 is 6.09 Å². The van der Waals surface area contributed by atoms with E-state index in [1.54, 1.807) is 0 Å². The molecule has 2 rings (SSSR count). The van der Waals surface area contributed by atoms with Gasteiger partial charge in [-0.15, -0.1) is 0 Å². The molecule has 0 aromatic heterocycles. The van der Waals surface area contributed by atoms with Crippen LogP contribution in [0, 0.1) is 11.8 Å². The molecule has 2 bridgehead atoms. The molecule has 2 aliphatic rings. The lowest BCUT2D eigenvalue weighted by Crippen LogP contribution is -2.42. The fourth-order valence-electron chi connectivity index (χ4n) is 2.79. The zero-order chi connectivity index (χ0) is 12.8. The van der Waals surface area contributed by atoms with E-state index >= 15 is 0 Å². The molecule has 2 fully saturated rings. The predicted octanol–water partition coefficient (Wildman–Crippen LogP) is 2.57. The molecule has 0 unspecified atom stereocenters. The minimum absolute atomic E-state index is 0.0290. The summed E-state index contributed by atoms with van der Waals surface area (Å²) in [7, 11) is 0. The average molecular weight is 239 g/mol. The van der Waals surface area contributed by atoms with E-state index in [9.17, 15) is 9.59 Å². The van der Waals surface area contributed by atoms with Crippen molar-refractivity contribution in [3.63, 3.8) is 0 Å². The second kappa shape index (κ2) is 4.00. The molecular formula is C13H21NO3. The smallest absolute Gasteiger partial charge is 0.417 e.